The number of benzene rings is 1. The lowest BCUT2D eigenvalue weighted by atomic mass is 10.1. The Morgan fingerprint density at radius 3 is 2.50 bits per heavy atom. The van der Waals surface area contributed by atoms with Gasteiger partial charge in [0, 0.05) is 16.7 Å². The van der Waals surface area contributed by atoms with E-state index in [9.17, 15) is 13.6 Å². The maximum Gasteiger partial charge on any atom is 0.276 e. The van der Waals surface area contributed by atoms with Crippen LogP contribution in [0, 0.1) is 25.5 Å². The number of halogens is 2. The van der Waals surface area contributed by atoms with E-state index < -0.39 is 11.6 Å². The zero-order valence-corrected chi connectivity index (χ0v) is 14.2. The maximum absolute atomic E-state index is 13.9. The van der Waals surface area contributed by atoms with E-state index in [2.05, 4.69) is 10.4 Å². The van der Waals surface area contributed by atoms with Gasteiger partial charge in [-0.3, -0.25) is 4.79 Å². The molecule has 0 atom stereocenters. The number of thioether (sulfide) groups is 1. The molecule has 0 bridgehead atoms. The molecule has 0 amide bonds. The van der Waals surface area contributed by atoms with Gasteiger partial charge in [-0.25, -0.2) is 13.5 Å². The van der Waals surface area contributed by atoms with E-state index in [1.807, 2.05) is 13.0 Å². The SMILES string of the molecule is CC(C(=O)n1nc(C)cc1C)=C1NC(c2c(F)cccc2F)=CS1. The Balaban J connectivity index is 1.89. The Bertz CT molecular complexity index is 879. The number of hydrogen-bond donors (Lipinski definition) is 1. The number of aryl methyl sites for hydroxylation is 2. The number of aromatic nitrogens is 2. The topological polar surface area (TPSA) is 46.9 Å². The van der Waals surface area contributed by atoms with Crippen LogP contribution in [-0.2, 0) is 0 Å². The maximum atomic E-state index is 13.9. The number of carbonyl (C=O) groups is 1. The van der Waals surface area contributed by atoms with Gasteiger partial charge >= 0.3 is 0 Å². The molecular formula is C17H15F2N3OS. The lowest BCUT2D eigenvalue weighted by Gasteiger charge is -2.10. The zero-order valence-electron chi connectivity index (χ0n) is 13.4. The second-order valence-electron chi connectivity index (χ2n) is 5.47. The Morgan fingerprint density at radius 1 is 1.25 bits per heavy atom. The number of hydrogen-bond acceptors (Lipinski definition) is 4. The monoisotopic (exact) mass is 347 g/mol. The summed E-state index contributed by atoms with van der Waals surface area (Å²) in [7, 11) is 0. The van der Waals surface area contributed by atoms with Crippen LogP contribution in [0.25, 0.3) is 5.70 Å². The van der Waals surface area contributed by atoms with Crippen LogP contribution in [0.2, 0.25) is 0 Å². The van der Waals surface area contributed by atoms with E-state index in [4.69, 9.17) is 0 Å². The smallest absolute Gasteiger partial charge is 0.276 e. The standard InChI is InChI=1S/C17H15F2N3OS/c1-9-7-10(2)22(21-9)17(23)11(3)16-20-14(8-24-16)15-12(18)5-4-6-13(15)19/h4-8,20H,1-3H3. The van der Waals surface area contributed by atoms with Crippen molar-refractivity contribution in [3.63, 3.8) is 0 Å². The van der Waals surface area contributed by atoms with E-state index in [-0.39, 0.29) is 11.5 Å². The largest absolute Gasteiger partial charge is 0.348 e. The van der Waals surface area contributed by atoms with Crippen LogP contribution in [0.15, 0.2) is 40.3 Å². The summed E-state index contributed by atoms with van der Waals surface area (Å²) in [6, 6.07) is 5.51. The summed E-state index contributed by atoms with van der Waals surface area (Å²) in [5.74, 6) is -1.59. The van der Waals surface area contributed by atoms with Crippen LogP contribution in [-0.4, -0.2) is 15.7 Å². The molecule has 4 nitrogen and oxygen atoms in total. The quantitative estimate of drug-likeness (QED) is 0.835. The first-order valence-corrected chi connectivity index (χ1v) is 8.13. The lowest BCUT2D eigenvalue weighted by Crippen LogP contribution is -2.19. The summed E-state index contributed by atoms with van der Waals surface area (Å²) < 4.78 is 29.1. The molecule has 0 saturated carbocycles. The molecule has 3 rings (SSSR count). The highest BCUT2D eigenvalue weighted by atomic mass is 32.2. The van der Waals surface area contributed by atoms with Crippen LogP contribution in [0.5, 0.6) is 0 Å². The molecule has 7 heteroatoms. The number of nitrogens with one attached hydrogen (secondary N) is 1. The molecule has 0 radical (unpaired) electrons. The fourth-order valence-electron chi connectivity index (χ4n) is 2.45. The minimum atomic E-state index is -0.655. The second-order valence-corrected chi connectivity index (χ2v) is 6.35. The molecule has 1 N–H and O–H groups in total. The van der Waals surface area contributed by atoms with Gasteiger partial charge < -0.3 is 5.32 Å². The van der Waals surface area contributed by atoms with Gasteiger partial charge in [0.2, 0.25) is 0 Å². The number of rotatable bonds is 2. The molecule has 0 saturated heterocycles. The normalized spacial score (nSPS) is 16.0. The summed E-state index contributed by atoms with van der Waals surface area (Å²) in [4.78, 5) is 12.6. The van der Waals surface area contributed by atoms with Crippen molar-refractivity contribution in [1.29, 1.82) is 0 Å². The molecule has 1 aliphatic rings. The van der Waals surface area contributed by atoms with Gasteiger partial charge in [0.15, 0.2) is 0 Å². The van der Waals surface area contributed by atoms with Crippen LogP contribution in [0.1, 0.15) is 28.7 Å². The van der Waals surface area contributed by atoms with Crippen LogP contribution >= 0.6 is 11.8 Å². The van der Waals surface area contributed by atoms with Crippen molar-refractivity contribution in [2.24, 2.45) is 0 Å². The average Bonchev–Trinajstić information content (AvgIpc) is 3.12. The van der Waals surface area contributed by atoms with Gasteiger partial charge in [0.25, 0.3) is 5.91 Å². The van der Waals surface area contributed by atoms with Crippen molar-refractivity contribution >= 4 is 23.4 Å². The summed E-state index contributed by atoms with van der Waals surface area (Å²) in [6.45, 7) is 5.26. The Morgan fingerprint density at radius 2 is 1.92 bits per heavy atom. The fraction of sp³-hybridized carbons (Fsp3) is 0.176. The van der Waals surface area contributed by atoms with E-state index in [1.54, 1.807) is 19.3 Å². The van der Waals surface area contributed by atoms with Crippen molar-refractivity contribution in [2.75, 3.05) is 0 Å². The molecule has 1 aliphatic heterocycles. The Hall–Kier alpha value is -2.41. The molecule has 2 heterocycles. The highest BCUT2D eigenvalue weighted by Crippen LogP contribution is 2.34. The molecule has 0 unspecified atom stereocenters. The Labute approximate surface area is 142 Å². The van der Waals surface area contributed by atoms with E-state index in [0.29, 0.717) is 16.3 Å². The third kappa shape index (κ3) is 2.87. The van der Waals surface area contributed by atoms with Crippen molar-refractivity contribution < 1.29 is 13.6 Å². The third-order valence-corrected chi connectivity index (χ3v) is 4.64. The van der Waals surface area contributed by atoms with Gasteiger partial charge in [-0.1, -0.05) is 17.8 Å². The predicted octanol–water partition coefficient (Wildman–Crippen LogP) is 3.98. The van der Waals surface area contributed by atoms with Gasteiger partial charge in [0.1, 0.15) is 11.6 Å². The summed E-state index contributed by atoms with van der Waals surface area (Å²) in [6.07, 6.45) is 0. The highest BCUT2D eigenvalue weighted by Gasteiger charge is 2.23. The van der Waals surface area contributed by atoms with Crippen LogP contribution < -0.4 is 5.32 Å². The minimum Gasteiger partial charge on any atom is -0.348 e. The summed E-state index contributed by atoms with van der Waals surface area (Å²) in [5.41, 5.74) is 2.07. The van der Waals surface area contributed by atoms with Crippen molar-refractivity contribution in [3.8, 4) is 0 Å². The first kappa shape index (κ1) is 16.4. The average molecular weight is 347 g/mol. The third-order valence-electron chi connectivity index (χ3n) is 3.64. The molecule has 2 aromatic rings. The second kappa shape index (κ2) is 6.24. The number of carbonyl (C=O) groups excluding carboxylic acids is 1. The fourth-order valence-corrected chi connectivity index (χ4v) is 3.29. The number of nitrogens with zero attached hydrogens (tertiary/aromatic N) is 2. The van der Waals surface area contributed by atoms with Gasteiger partial charge in [-0.2, -0.15) is 5.10 Å². The molecule has 1 aromatic heterocycles. The minimum absolute atomic E-state index is 0.133. The van der Waals surface area contributed by atoms with Gasteiger partial charge in [-0.15, -0.1) is 0 Å². The van der Waals surface area contributed by atoms with Crippen LogP contribution in [0.3, 0.4) is 0 Å². The molecular weight excluding hydrogens is 332 g/mol. The van der Waals surface area contributed by atoms with Crippen molar-refractivity contribution in [2.45, 2.75) is 20.8 Å². The van der Waals surface area contributed by atoms with E-state index in [0.717, 1.165) is 11.4 Å². The Kier molecular flexibility index (Phi) is 4.28. The predicted molar refractivity (Wildman–Crippen MR) is 90.1 cm³/mol. The lowest BCUT2D eigenvalue weighted by molar-refractivity contribution is 0.0936. The summed E-state index contributed by atoms with van der Waals surface area (Å²) in [5, 5.41) is 9.22. The molecule has 0 spiro atoms. The number of allylic oxidation sites excluding steroid dienone is 1. The highest BCUT2D eigenvalue weighted by molar-refractivity contribution is 8.06. The molecule has 1 aromatic carbocycles. The molecule has 124 valence electrons. The summed E-state index contributed by atoms with van der Waals surface area (Å²) >= 11 is 1.22. The van der Waals surface area contributed by atoms with E-state index >= 15 is 0 Å². The first-order chi connectivity index (χ1) is 11.4. The van der Waals surface area contributed by atoms with E-state index in [1.165, 1.54) is 34.6 Å². The molecule has 24 heavy (non-hydrogen) atoms. The first-order valence-electron chi connectivity index (χ1n) is 7.25. The zero-order chi connectivity index (χ0) is 17.4. The molecule has 0 fully saturated rings. The van der Waals surface area contributed by atoms with Crippen molar-refractivity contribution in [3.05, 3.63) is 68.9 Å². The molecule has 0 aliphatic carbocycles. The van der Waals surface area contributed by atoms with Gasteiger partial charge in [0.05, 0.1) is 22.0 Å². The van der Waals surface area contributed by atoms with Gasteiger partial charge in [-0.05, 0) is 39.0 Å². The van der Waals surface area contributed by atoms with Crippen molar-refractivity contribution in [1.82, 2.24) is 15.1 Å². The van der Waals surface area contributed by atoms with Crippen LogP contribution in [0.4, 0.5) is 8.78 Å².